The lowest BCUT2D eigenvalue weighted by Gasteiger charge is -2.20. The Morgan fingerprint density at radius 1 is 1.19 bits per heavy atom. The van der Waals surface area contributed by atoms with Crippen molar-refractivity contribution < 1.29 is 4.79 Å². The number of aromatic nitrogens is 2. The van der Waals surface area contributed by atoms with E-state index in [-0.39, 0.29) is 11.8 Å². The molecule has 0 fully saturated rings. The van der Waals surface area contributed by atoms with Crippen LogP contribution in [0.5, 0.6) is 0 Å². The fourth-order valence-electron chi connectivity index (χ4n) is 3.00. The molecule has 3 rings (SSSR count). The van der Waals surface area contributed by atoms with Crippen LogP contribution in [0.25, 0.3) is 0 Å². The molecule has 0 aliphatic carbocycles. The van der Waals surface area contributed by atoms with Gasteiger partial charge in [0.1, 0.15) is 0 Å². The Balaban J connectivity index is 1.88. The number of ketones is 1. The number of benzene rings is 2. The third kappa shape index (κ3) is 4.33. The predicted molar refractivity (Wildman–Crippen MR) is 106 cm³/mol. The second kappa shape index (κ2) is 8.19. The van der Waals surface area contributed by atoms with Crippen LogP contribution in [0.1, 0.15) is 52.9 Å². The monoisotopic (exact) mass is 367 g/mol. The van der Waals surface area contributed by atoms with Gasteiger partial charge in [0, 0.05) is 34.5 Å². The van der Waals surface area contributed by atoms with Crippen molar-refractivity contribution in [3.8, 4) is 0 Å². The van der Waals surface area contributed by atoms with Gasteiger partial charge in [-0.05, 0) is 60.9 Å². The minimum Gasteiger partial charge on any atom is -0.374 e. The van der Waals surface area contributed by atoms with Crippen LogP contribution < -0.4 is 5.32 Å². The fourth-order valence-corrected chi connectivity index (χ4v) is 3.30. The summed E-state index contributed by atoms with van der Waals surface area (Å²) in [6.45, 7) is 4.03. The lowest BCUT2D eigenvalue weighted by atomic mass is 9.99. The number of halogens is 1. The van der Waals surface area contributed by atoms with E-state index in [1.165, 1.54) is 0 Å². The summed E-state index contributed by atoms with van der Waals surface area (Å²) in [5.74, 6) is 0.177. The number of nitrogens with one attached hydrogen (secondary N) is 2. The van der Waals surface area contributed by atoms with Crippen LogP contribution >= 0.6 is 11.6 Å². The second-order valence-electron chi connectivity index (χ2n) is 6.42. The average molecular weight is 368 g/mol. The number of hydrogen-bond donors (Lipinski definition) is 2. The molecule has 0 radical (unpaired) electrons. The first-order valence-electron chi connectivity index (χ1n) is 8.72. The molecule has 0 aliphatic heterocycles. The maximum absolute atomic E-state index is 12.0. The Morgan fingerprint density at radius 3 is 2.58 bits per heavy atom. The largest absolute Gasteiger partial charge is 0.374 e. The van der Waals surface area contributed by atoms with Crippen molar-refractivity contribution in [2.45, 2.75) is 32.7 Å². The molecule has 1 atom stereocenters. The Bertz CT molecular complexity index is 853. The average Bonchev–Trinajstić information content (AvgIpc) is 3.14. The van der Waals surface area contributed by atoms with Gasteiger partial charge in [0.25, 0.3) is 0 Å². The number of aryl methyl sites for hydroxylation is 1. The molecule has 0 spiro atoms. The summed E-state index contributed by atoms with van der Waals surface area (Å²) in [4.78, 5) is 12.0. The van der Waals surface area contributed by atoms with Crippen molar-refractivity contribution >= 4 is 23.1 Å². The Hall–Kier alpha value is -2.59. The summed E-state index contributed by atoms with van der Waals surface area (Å²) in [6.07, 6.45) is 5.10. The molecule has 1 unspecified atom stereocenters. The van der Waals surface area contributed by atoms with Crippen molar-refractivity contribution in [1.29, 1.82) is 0 Å². The molecule has 4 nitrogen and oxygen atoms in total. The van der Waals surface area contributed by atoms with Gasteiger partial charge in [-0.3, -0.25) is 9.89 Å². The number of anilines is 1. The summed E-state index contributed by atoms with van der Waals surface area (Å²) in [7, 11) is 0. The van der Waals surface area contributed by atoms with Crippen LogP contribution in [0.4, 0.5) is 5.69 Å². The van der Waals surface area contributed by atoms with Crippen LogP contribution in [0.2, 0.25) is 5.02 Å². The van der Waals surface area contributed by atoms with E-state index in [4.69, 9.17) is 11.6 Å². The zero-order chi connectivity index (χ0) is 18.5. The minimum absolute atomic E-state index is 0.0941. The fraction of sp³-hybridized carbons (Fsp3) is 0.238. The molecule has 134 valence electrons. The van der Waals surface area contributed by atoms with Gasteiger partial charge in [-0.15, -0.1) is 0 Å². The molecular weight excluding hydrogens is 346 g/mol. The van der Waals surface area contributed by atoms with Gasteiger partial charge in [0.05, 0.1) is 12.2 Å². The molecule has 26 heavy (non-hydrogen) atoms. The molecule has 0 saturated heterocycles. The molecule has 0 bridgehead atoms. The highest BCUT2D eigenvalue weighted by Crippen LogP contribution is 2.29. The zero-order valence-corrected chi connectivity index (χ0v) is 15.7. The van der Waals surface area contributed by atoms with Gasteiger partial charge < -0.3 is 5.32 Å². The molecule has 1 aromatic heterocycles. The van der Waals surface area contributed by atoms with Gasteiger partial charge in [0.2, 0.25) is 0 Å². The number of carbonyl (C=O) groups is 1. The summed E-state index contributed by atoms with van der Waals surface area (Å²) in [5, 5.41) is 11.2. The quantitative estimate of drug-likeness (QED) is 0.538. The number of hydrogen-bond acceptors (Lipinski definition) is 3. The van der Waals surface area contributed by atoms with E-state index >= 15 is 0 Å². The van der Waals surface area contributed by atoms with Crippen LogP contribution in [-0.4, -0.2) is 16.0 Å². The Morgan fingerprint density at radius 2 is 1.96 bits per heavy atom. The molecule has 1 heterocycles. The van der Waals surface area contributed by atoms with Crippen LogP contribution in [0.15, 0.2) is 54.9 Å². The molecule has 0 amide bonds. The first kappa shape index (κ1) is 18.2. The van der Waals surface area contributed by atoms with Crippen molar-refractivity contribution in [3.63, 3.8) is 0 Å². The van der Waals surface area contributed by atoms with Crippen molar-refractivity contribution in [2.24, 2.45) is 0 Å². The molecule has 3 aromatic rings. The second-order valence-corrected chi connectivity index (χ2v) is 6.86. The molecular formula is C21H22ClN3O. The zero-order valence-electron chi connectivity index (χ0n) is 14.9. The molecule has 0 aliphatic rings. The molecule has 5 heteroatoms. The predicted octanol–water partition coefficient (Wildman–Crippen LogP) is 5.56. The van der Waals surface area contributed by atoms with Gasteiger partial charge in [-0.1, -0.05) is 24.6 Å². The van der Waals surface area contributed by atoms with Crippen LogP contribution in [0.3, 0.4) is 0 Å². The van der Waals surface area contributed by atoms with Crippen LogP contribution in [0, 0.1) is 6.92 Å². The summed E-state index contributed by atoms with van der Waals surface area (Å²) in [5.41, 5.74) is 4.85. The summed E-state index contributed by atoms with van der Waals surface area (Å²) < 4.78 is 0. The SMILES string of the molecule is CCCC(=O)c1ccc(NC(c2cn[nH]c2)c2cc(C)cc(Cl)c2)cc1. The number of rotatable bonds is 7. The third-order valence-electron chi connectivity index (χ3n) is 4.25. The van der Waals surface area contributed by atoms with E-state index < -0.39 is 0 Å². The standard InChI is InChI=1S/C21H22ClN3O/c1-3-4-20(26)15-5-7-19(8-6-15)25-21(17-12-23-24-13-17)16-9-14(2)10-18(22)11-16/h5-13,21,25H,3-4H2,1-2H3,(H,23,24). The van der Waals surface area contributed by atoms with Crippen LogP contribution in [-0.2, 0) is 0 Å². The lowest BCUT2D eigenvalue weighted by molar-refractivity contribution is 0.0982. The number of carbonyl (C=O) groups excluding carboxylic acids is 1. The Kier molecular flexibility index (Phi) is 5.74. The highest BCUT2D eigenvalue weighted by Gasteiger charge is 2.16. The maximum atomic E-state index is 12.0. The van der Waals surface area contributed by atoms with E-state index in [9.17, 15) is 4.79 Å². The minimum atomic E-state index is -0.0941. The van der Waals surface area contributed by atoms with E-state index in [1.54, 1.807) is 6.20 Å². The highest BCUT2D eigenvalue weighted by molar-refractivity contribution is 6.30. The van der Waals surface area contributed by atoms with Gasteiger partial charge in [0.15, 0.2) is 5.78 Å². The van der Waals surface area contributed by atoms with Gasteiger partial charge in [-0.2, -0.15) is 5.10 Å². The van der Waals surface area contributed by atoms with E-state index in [0.717, 1.165) is 34.4 Å². The maximum Gasteiger partial charge on any atom is 0.162 e. The smallest absolute Gasteiger partial charge is 0.162 e. The van der Waals surface area contributed by atoms with Crippen molar-refractivity contribution in [3.05, 3.63) is 82.1 Å². The van der Waals surface area contributed by atoms with Crippen molar-refractivity contribution in [1.82, 2.24) is 10.2 Å². The first-order valence-corrected chi connectivity index (χ1v) is 9.10. The normalized spacial score (nSPS) is 12.0. The van der Waals surface area contributed by atoms with Gasteiger partial charge >= 0.3 is 0 Å². The lowest BCUT2D eigenvalue weighted by Crippen LogP contribution is -2.12. The first-order chi connectivity index (χ1) is 12.6. The number of Topliss-reactive ketones (excluding diaryl/α,β-unsaturated/α-hetero) is 1. The van der Waals surface area contributed by atoms with Gasteiger partial charge in [-0.25, -0.2) is 0 Å². The summed E-state index contributed by atoms with van der Waals surface area (Å²) >= 11 is 6.26. The topological polar surface area (TPSA) is 57.8 Å². The molecule has 2 aromatic carbocycles. The van der Waals surface area contributed by atoms with E-state index in [1.807, 2.05) is 56.4 Å². The Labute approximate surface area is 158 Å². The van der Waals surface area contributed by atoms with E-state index in [2.05, 4.69) is 21.6 Å². The molecule has 2 N–H and O–H groups in total. The number of H-pyrrole nitrogens is 1. The summed E-state index contributed by atoms with van der Waals surface area (Å²) in [6, 6.07) is 13.5. The molecule has 0 saturated carbocycles. The highest BCUT2D eigenvalue weighted by atomic mass is 35.5. The number of aromatic amines is 1. The van der Waals surface area contributed by atoms with Crippen molar-refractivity contribution in [2.75, 3.05) is 5.32 Å². The number of nitrogens with zero attached hydrogens (tertiary/aromatic N) is 1. The third-order valence-corrected chi connectivity index (χ3v) is 4.46. The van der Waals surface area contributed by atoms with E-state index in [0.29, 0.717) is 11.4 Å².